The highest BCUT2D eigenvalue weighted by Gasteiger charge is 2.09. The first-order valence-electron chi connectivity index (χ1n) is 5.62. The van der Waals surface area contributed by atoms with E-state index in [1.54, 1.807) is 12.3 Å². The minimum Gasteiger partial charge on any atom is -0.361 e. The molecule has 0 atom stereocenters. The van der Waals surface area contributed by atoms with Gasteiger partial charge >= 0.3 is 0 Å². The summed E-state index contributed by atoms with van der Waals surface area (Å²) in [5.41, 5.74) is 3.10. The summed E-state index contributed by atoms with van der Waals surface area (Å²) in [6.07, 6.45) is 3.45. The number of benzene rings is 1. The van der Waals surface area contributed by atoms with E-state index in [0.717, 1.165) is 16.6 Å². The molecule has 18 heavy (non-hydrogen) atoms. The maximum absolute atomic E-state index is 12.1. The Morgan fingerprint density at radius 2 is 2.22 bits per heavy atom. The first-order chi connectivity index (χ1) is 8.74. The zero-order chi connectivity index (χ0) is 12.5. The standard InChI is InChI=1S/C13H12N4O/c1-8-12(7-15-17-8)16-13(18)10-3-2-9-4-5-14-11(9)6-10/h2-7,14H,1H3,(H,15,17)(H,16,18). The summed E-state index contributed by atoms with van der Waals surface area (Å²) in [5, 5.41) is 10.5. The van der Waals surface area contributed by atoms with Crippen LogP contribution in [0.4, 0.5) is 5.69 Å². The molecule has 90 valence electrons. The van der Waals surface area contributed by atoms with E-state index in [4.69, 9.17) is 0 Å². The molecule has 0 unspecified atom stereocenters. The fourth-order valence-electron chi connectivity index (χ4n) is 1.86. The van der Waals surface area contributed by atoms with Crippen molar-refractivity contribution in [1.82, 2.24) is 15.2 Å². The Bertz CT molecular complexity index is 710. The fraction of sp³-hybridized carbons (Fsp3) is 0.0769. The Morgan fingerprint density at radius 3 is 3.00 bits per heavy atom. The summed E-state index contributed by atoms with van der Waals surface area (Å²) < 4.78 is 0. The summed E-state index contributed by atoms with van der Waals surface area (Å²) in [4.78, 5) is 15.1. The average Bonchev–Trinajstić information content (AvgIpc) is 2.98. The lowest BCUT2D eigenvalue weighted by atomic mass is 10.1. The molecule has 0 fully saturated rings. The van der Waals surface area contributed by atoms with Gasteiger partial charge in [-0.2, -0.15) is 5.10 Å². The van der Waals surface area contributed by atoms with Crippen LogP contribution >= 0.6 is 0 Å². The monoisotopic (exact) mass is 240 g/mol. The molecular formula is C13H12N4O. The van der Waals surface area contributed by atoms with Crippen LogP contribution in [0, 0.1) is 6.92 Å². The minimum atomic E-state index is -0.143. The van der Waals surface area contributed by atoms with E-state index in [-0.39, 0.29) is 5.91 Å². The summed E-state index contributed by atoms with van der Waals surface area (Å²) in [5.74, 6) is -0.143. The van der Waals surface area contributed by atoms with Gasteiger partial charge in [0.25, 0.3) is 5.91 Å². The third kappa shape index (κ3) is 1.75. The van der Waals surface area contributed by atoms with Crippen LogP contribution in [-0.2, 0) is 0 Å². The zero-order valence-corrected chi connectivity index (χ0v) is 9.82. The molecule has 1 amide bonds. The van der Waals surface area contributed by atoms with Gasteiger partial charge in [0.15, 0.2) is 0 Å². The number of anilines is 1. The quantitative estimate of drug-likeness (QED) is 0.643. The summed E-state index contributed by atoms with van der Waals surface area (Å²) >= 11 is 0. The van der Waals surface area contributed by atoms with Gasteiger partial charge in [0.05, 0.1) is 17.6 Å². The first-order valence-corrected chi connectivity index (χ1v) is 5.62. The Balaban J connectivity index is 1.89. The predicted octanol–water partition coefficient (Wildman–Crippen LogP) is 2.45. The van der Waals surface area contributed by atoms with Crippen LogP contribution in [0.15, 0.2) is 36.7 Å². The fourth-order valence-corrected chi connectivity index (χ4v) is 1.86. The Hall–Kier alpha value is -2.56. The second kappa shape index (κ2) is 4.03. The van der Waals surface area contributed by atoms with Gasteiger partial charge in [0.1, 0.15) is 0 Å². The van der Waals surface area contributed by atoms with Crippen molar-refractivity contribution < 1.29 is 4.79 Å². The largest absolute Gasteiger partial charge is 0.361 e. The number of fused-ring (bicyclic) bond motifs is 1. The Labute approximate surface area is 103 Å². The van der Waals surface area contributed by atoms with E-state index in [9.17, 15) is 4.79 Å². The molecule has 1 aromatic carbocycles. The summed E-state index contributed by atoms with van der Waals surface area (Å²) in [6.45, 7) is 1.86. The third-order valence-corrected chi connectivity index (χ3v) is 2.90. The number of aryl methyl sites for hydroxylation is 1. The highest BCUT2D eigenvalue weighted by Crippen LogP contribution is 2.16. The van der Waals surface area contributed by atoms with E-state index in [2.05, 4.69) is 20.5 Å². The number of aromatic amines is 2. The van der Waals surface area contributed by atoms with Gasteiger partial charge in [-0.1, -0.05) is 6.07 Å². The molecule has 3 rings (SSSR count). The van der Waals surface area contributed by atoms with Gasteiger partial charge < -0.3 is 10.3 Å². The molecule has 0 aliphatic heterocycles. The molecule has 0 saturated heterocycles. The lowest BCUT2D eigenvalue weighted by molar-refractivity contribution is 0.102. The van der Waals surface area contributed by atoms with E-state index >= 15 is 0 Å². The number of carbonyl (C=O) groups excluding carboxylic acids is 1. The number of hydrogen-bond acceptors (Lipinski definition) is 2. The number of nitrogens with zero attached hydrogens (tertiary/aromatic N) is 1. The van der Waals surface area contributed by atoms with Crippen molar-refractivity contribution in [3.8, 4) is 0 Å². The van der Waals surface area contributed by atoms with Crippen molar-refractivity contribution >= 4 is 22.5 Å². The van der Waals surface area contributed by atoms with Gasteiger partial charge in [-0.05, 0) is 30.5 Å². The maximum atomic E-state index is 12.1. The van der Waals surface area contributed by atoms with Crippen molar-refractivity contribution in [2.45, 2.75) is 6.92 Å². The smallest absolute Gasteiger partial charge is 0.255 e. The number of hydrogen-bond donors (Lipinski definition) is 3. The zero-order valence-electron chi connectivity index (χ0n) is 9.82. The molecule has 0 spiro atoms. The normalized spacial score (nSPS) is 10.7. The highest BCUT2D eigenvalue weighted by atomic mass is 16.1. The molecule has 5 nitrogen and oxygen atoms in total. The molecule has 2 heterocycles. The number of amides is 1. The maximum Gasteiger partial charge on any atom is 0.255 e. The van der Waals surface area contributed by atoms with Gasteiger partial charge in [-0.3, -0.25) is 9.89 Å². The number of nitrogens with one attached hydrogen (secondary N) is 3. The molecule has 3 aromatic rings. The molecule has 2 aromatic heterocycles. The predicted molar refractivity (Wildman–Crippen MR) is 69.6 cm³/mol. The van der Waals surface area contributed by atoms with Crippen LogP contribution in [0.1, 0.15) is 16.1 Å². The van der Waals surface area contributed by atoms with Crippen LogP contribution in [0.3, 0.4) is 0 Å². The highest BCUT2D eigenvalue weighted by molar-refractivity contribution is 6.06. The molecular weight excluding hydrogens is 228 g/mol. The van der Waals surface area contributed by atoms with E-state index in [1.807, 2.05) is 31.3 Å². The summed E-state index contributed by atoms with van der Waals surface area (Å²) in [6, 6.07) is 7.53. The third-order valence-electron chi connectivity index (χ3n) is 2.90. The van der Waals surface area contributed by atoms with Crippen molar-refractivity contribution in [3.63, 3.8) is 0 Å². The Kier molecular flexibility index (Phi) is 2.37. The molecule has 0 bridgehead atoms. The van der Waals surface area contributed by atoms with Gasteiger partial charge in [0, 0.05) is 17.3 Å². The average molecular weight is 240 g/mol. The van der Waals surface area contributed by atoms with E-state index in [0.29, 0.717) is 11.3 Å². The van der Waals surface area contributed by atoms with E-state index < -0.39 is 0 Å². The van der Waals surface area contributed by atoms with Gasteiger partial charge in [0.2, 0.25) is 0 Å². The van der Waals surface area contributed by atoms with Crippen LogP contribution in [0.5, 0.6) is 0 Å². The molecule has 0 aliphatic carbocycles. The SMILES string of the molecule is Cc1[nH]ncc1NC(=O)c1ccc2cc[nH]c2c1. The number of H-pyrrole nitrogens is 2. The van der Waals surface area contributed by atoms with Crippen molar-refractivity contribution in [3.05, 3.63) is 47.9 Å². The van der Waals surface area contributed by atoms with Gasteiger partial charge in [-0.25, -0.2) is 0 Å². The van der Waals surface area contributed by atoms with Crippen LogP contribution < -0.4 is 5.32 Å². The van der Waals surface area contributed by atoms with Crippen molar-refractivity contribution in [2.75, 3.05) is 5.32 Å². The number of rotatable bonds is 2. The number of carbonyl (C=O) groups is 1. The van der Waals surface area contributed by atoms with Crippen LogP contribution in [0.25, 0.3) is 10.9 Å². The topological polar surface area (TPSA) is 73.6 Å². The second-order valence-electron chi connectivity index (χ2n) is 4.14. The van der Waals surface area contributed by atoms with Crippen molar-refractivity contribution in [2.24, 2.45) is 0 Å². The molecule has 5 heteroatoms. The lowest BCUT2D eigenvalue weighted by Gasteiger charge is -2.03. The Morgan fingerprint density at radius 1 is 1.33 bits per heavy atom. The molecule has 0 radical (unpaired) electrons. The van der Waals surface area contributed by atoms with Gasteiger partial charge in [-0.15, -0.1) is 0 Å². The number of aromatic nitrogens is 3. The molecule has 0 saturated carbocycles. The van der Waals surface area contributed by atoms with E-state index in [1.165, 1.54) is 0 Å². The van der Waals surface area contributed by atoms with Crippen LogP contribution in [-0.4, -0.2) is 21.1 Å². The second-order valence-corrected chi connectivity index (χ2v) is 4.14. The summed E-state index contributed by atoms with van der Waals surface area (Å²) in [7, 11) is 0. The molecule has 3 N–H and O–H groups in total. The van der Waals surface area contributed by atoms with Crippen molar-refractivity contribution in [1.29, 1.82) is 0 Å². The molecule has 0 aliphatic rings. The lowest BCUT2D eigenvalue weighted by Crippen LogP contribution is -2.11. The first kappa shape index (κ1) is 10.6. The minimum absolute atomic E-state index is 0.143. The van der Waals surface area contributed by atoms with Crippen LogP contribution in [0.2, 0.25) is 0 Å².